The van der Waals surface area contributed by atoms with E-state index in [4.69, 9.17) is 0 Å². The Balaban J connectivity index is 1.53. The molecule has 2 aliphatic rings. The van der Waals surface area contributed by atoms with Gasteiger partial charge >= 0.3 is 0 Å². The first kappa shape index (κ1) is 15.5. The maximum Gasteiger partial charge on any atom is 0.240 e. The SMILES string of the molecule is CCC1(C(=O)NC2CCC(c3ccccc3)CC2)CCCN1. The molecule has 0 spiro atoms. The number of hydrogen-bond donors (Lipinski definition) is 2. The fourth-order valence-electron chi connectivity index (χ4n) is 4.08. The van der Waals surface area contributed by atoms with E-state index >= 15 is 0 Å². The molecule has 2 N–H and O–H groups in total. The first-order valence-electron chi connectivity index (χ1n) is 8.84. The van der Waals surface area contributed by atoms with Crippen LogP contribution in [0.15, 0.2) is 30.3 Å². The summed E-state index contributed by atoms with van der Waals surface area (Å²) in [5.41, 5.74) is 1.16. The average molecular weight is 300 g/mol. The minimum Gasteiger partial charge on any atom is -0.352 e. The highest BCUT2D eigenvalue weighted by atomic mass is 16.2. The van der Waals surface area contributed by atoms with Crippen LogP contribution in [0.4, 0.5) is 0 Å². The van der Waals surface area contributed by atoms with Gasteiger partial charge in [-0.15, -0.1) is 0 Å². The smallest absolute Gasteiger partial charge is 0.240 e. The van der Waals surface area contributed by atoms with Crippen LogP contribution in [0.5, 0.6) is 0 Å². The fraction of sp³-hybridized carbons (Fsp3) is 0.632. The summed E-state index contributed by atoms with van der Waals surface area (Å²) in [6, 6.07) is 11.2. The first-order valence-corrected chi connectivity index (χ1v) is 8.84. The number of amides is 1. The average Bonchev–Trinajstić information content (AvgIpc) is 3.07. The van der Waals surface area contributed by atoms with E-state index in [1.54, 1.807) is 0 Å². The minimum absolute atomic E-state index is 0.232. The van der Waals surface area contributed by atoms with E-state index in [1.165, 1.54) is 18.4 Å². The molecule has 1 aromatic rings. The third kappa shape index (κ3) is 3.19. The zero-order valence-corrected chi connectivity index (χ0v) is 13.6. The quantitative estimate of drug-likeness (QED) is 0.895. The lowest BCUT2D eigenvalue weighted by Gasteiger charge is -2.33. The molecule has 1 unspecified atom stereocenters. The van der Waals surface area contributed by atoms with Crippen molar-refractivity contribution in [3.63, 3.8) is 0 Å². The van der Waals surface area contributed by atoms with Crippen molar-refractivity contribution in [2.75, 3.05) is 6.54 Å². The summed E-state index contributed by atoms with van der Waals surface area (Å²) in [5.74, 6) is 0.898. The molecule has 3 heteroatoms. The molecule has 1 atom stereocenters. The molecule has 0 aromatic heterocycles. The highest BCUT2D eigenvalue weighted by Gasteiger charge is 2.40. The van der Waals surface area contributed by atoms with Crippen LogP contribution in [0.25, 0.3) is 0 Å². The molecule has 0 bridgehead atoms. The highest BCUT2D eigenvalue weighted by Crippen LogP contribution is 2.33. The Kier molecular flexibility index (Phi) is 4.82. The molecule has 1 aromatic carbocycles. The van der Waals surface area contributed by atoms with Crippen molar-refractivity contribution in [3.05, 3.63) is 35.9 Å². The van der Waals surface area contributed by atoms with Gasteiger partial charge in [0.25, 0.3) is 0 Å². The van der Waals surface area contributed by atoms with Crippen molar-refractivity contribution in [2.45, 2.75) is 69.4 Å². The summed E-state index contributed by atoms with van der Waals surface area (Å²) >= 11 is 0. The van der Waals surface area contributed by atoms with Gasteiger partial charge in [-0.25, -0.2) is 0 Å². The van der Waals surface area contributed by atoms with E-state index in [-0.39, 0.29) is 11.4 Å². The monoisotopic (exact) mass is 300 g/mol. The molecule has 1 aliphatic heterocycles. The van der Waals surface area contributed by atoms with Crippen LogP contribution < -0.4 is 10.6 Å². The maximum atomic E-state index is 12.6. The van der Waals surface area contributed by atoms with E-state index in [0.29, 0.717) is 12.0 Å². The molecule has 3 rings (SSSR count). The Bertz CT molecular complexity index is 485. The van der Waals surface area contributed by atoms with Gasteiger partial charge in [0.05, 0.1) is 5.54 Å². The summed E-state index contributed by atoms with van der Waals surface area (Å²) < 4.78 is 0. The normalized spacial score (nSPS) is 31.9. The van der Waals surface area contributed by atoms with Crippen molar-refractivity contribution in [3.8, 4) is 0 Å². The van der Waals surface area contributed by atoms with Gasteiger partial charge in [0, 0.05) is 6.04 Å². The summed E-state index contributed by atoms with van der Waals surface area (Å²) in [7, 11) is 0. The lowest BCUT2D eigenvalue weighted by Crippen LogP contribution is -2.55. The van der Waals surface area contributed by atoms with Gasteiger partial charge in [0.15, 0.2) is 0 Å². The summed E-state index contributed by atoms with van der Waals surface area (Å²) in [6.07, 6.45) is 7.55. The largest absolute Gasteiger partial charge is 0.352 e. The van der Waals surface area contributed by atoms with Crippen molar-refractivity contribution >= 4 is 5.91 Å². The van der Waals surface area contributed by atoms with Crippen LogP contribution in [0.3, 0.4) is 0 Å². The molecule has 22 heavy (non-hydrogen) atoms. The third-order valence-corrected chi connectivity index (χ3v) is 5.62. The van der Waals surface area contributed by atoms with E-state index in [9.17, 15) is 4.79 Å². The molecule has 1 saturated heterocycles. The number of benzene rings is 1. The molecule has 3 nitrogen and oxygen atoms in total. The summed E-state index contributed by atoms with van der Waals surface area (Å²) in [5, 5.41) is 6.75. The van der Waals surface area contributed by atoms with Crippen LogP contribution in [-0.4, -0.2) is 24.0 Å². The Morgan fingerprint density at radius 1 is 1.23 bits per heavy atom. The van der Waals surface area contributed by atoms with Crippen molar-refractivity contribution < 1.29 is 4.79 Å². The van der Waals surface area contributed by atoms with Crippen LogP contribution >= 0.6 is 0 Å². The van der Waals surface area contributed by atoms with Crippen molar-refractivity contribution in [2.24, 2.45) is 0 Å². The number of carbonyl (C=O) groups is 1. The van der Waals surface area contributed by atoms with Crippen LogP contribution in [0.1, 0.15) is 63.4 Å². The van der Waals surface area contributed by atoms with E-state index in [1.807, 2.05) is 0 Å². The summed E-state index contributed by atoms with van der Waals surface area (Å²) in [4.78, 5) is 12.6. The number of carbonyl (C=O) groups excluding carboxylic acids is 1. The topological polar surface area (TPSA) is 41.1 Å². The zero-order chi connectivity index (χ0) is 15.4. The van der Waals surface area contributed by atoms with E-state index in [2.05, 4.69) is 47.9 Å². The van der Waals surface area contributed by atoms with Gasteiger partial charge in [-0.3, -0.25) is 4.79 Å². The van der Waals surface area contributed by atoms with Gasteiger partial charge in [-0.1, -0.05) is 37.3 Å². The second-order valence-electron chi connectivity index (χ2n) is 6.90. The molecule has 2 fully saturated rings. The molecule has 0 radical (unpaired) electrons. The number of hydrogen-bond acceptors (Lipinski definition) is 2. The van der Waals surface area contributed by atoms with Crippen molar-refractivity contribution in [1.82, 2.24) is 10.6 Å². The standard InChI is InChI=1S/C19H28N2O/c1-2-19(13-6-14-20-19)18(22)21-17-11-9-16(10-12-17)15-7-4-3-5-8-15/h3-5,7-8,16-17,20H,2,6,9-14H2,1H3,(H,21,22). The molecule has 120 valence electrons. The van der Waals surface area contributed by atoms with E-state index < -0.39 is 0 Å². The summed E-state index contributed by atoms with van der Waals surface area (Å²) in [6.45, 7) is 3.09. The third-order valence-electron chi connectivity index (χ3n) is 5.62. The molecule has 1 amide bonds. The maximum absolute atomic E-state index is 12.6. The Morgan fingerprint density at radius 3 is 2.55 bits per heavy atom. The van der Waals surface area contributed by atoms with Crippen LogP contribution in [0.2, 0.25) is 0 Å². The van der Waals surface area contributed by atoms with Gasteiger partial charge in [-0.05, 0) is 63.0 Å². The molecule has 1 aliphatic carbocycles. The molecule has 1 saturated carbocycles. The lowest BCUT2D eigenvalue weighted by atomic mass is 9.81. The van der Waals surface area contributed by atoms with E-state index in [0.717, 1.165) is 38.6 Å². The minimum atomic E-state index is -0.295. The number of rotatable bonds is 4. The highest BCUT2D eigenvalue weighted by molar-refractivity contribution is 5.86. The van der Waals surface area contributed by atoms with Crippen LogP contribution in [-0.2, 0) is 4.79 Å². The Morgan fingerprint density at radius 2 is 1.95 bits per heavy atom. The number of nitrogens with one attached hydrogen (secondary N) is 2. The molecular weight excluding hydrogens is 272 g/mol. The lowest BCUT2D eigenvalue weighted by molar-refractivity contribution is -0.128. The van der Waals surface area contributed by atoms with Crippen molar-refractivity contribution in [1.29, 1.82) is 0 Å². The second kappa shape index (κ2) is 6.82. The van der Waals surface area contributed by atoms with Gasteiger partial charge < -0.3 is 10.6 Å². The van der Waals surface area contributed by atoms with Gasteiger partial charge in [-0.2, -0.15) is 0 Å². The Hall–Kier alpha value is -1.35. The van der Waals surface area contributed by atoms with Gasteiger partial charge in [0.1, 0.15) is 0 Å². The second-order valence-corrected chi connectivity index (χ2v) is 6.90. The first-order chi connectivity index (χ1) is 10.7. The predicted octanol–water partition coefficient (Wildman–Crippen LogP) is 3.36. The van der Waals surface area contributed by atoms with Crippen LogP contribution in [0, 0.1) is 0 Å². The predicted molar refractivity (Wildman–Crippen MR) is 89.8 cm³/mol. The Labute approximate surface area is 133 Å². The fourth-order valence-corrected chi connectivity index (χ4v) is 4.08. The molecular formula is C19H28N2O. The molecule has 1 heterocycles. The van der Waals surface area contributed by atoms with Gasteiger partial charge in [0.2, 0.25) is 5.91 Å². The zero-order valence-electron chi connectivity index (χ0n) is 13.6.